The molecular formula is C11H17N3O4S. The van der Waals surface area contributed by atoms with Crippen LogP contribution < -0.4 is 11.1 Å². The number of sulfone groups is 1. The van der Waals surface area contributed by atoms with Crippen LogP contribution in [-0.4, -0.2) is 32.2 Å². The molecule has 1 unspecified atom stereocenters. The maximum atomic E-state index is 11.6. The van der Waals surface area contributed by atoms with E-state index >= 15 is 0 Å². The molecule has 0 fully saturated rings. The van der Waals surface area contributed by atoms with Gasteiger partial charge in [-0.25, -0.2) is 8.42 Å². The quantitative estimate of drug-likeness (QED) is 0.599. The second-order valence-electron chi connectivity index (χ2n) is 4.17. The SMILES string of the molecule is CCC(CN)Nc1cccc(S(C)(=O)=O)c1[N+](=O)[O-]. The lowest BCUT2D eigenvalue weighted by atomic mass is 10.2. The highest BCUT2D eigenvalue weighted by Crippen LogP contribution is 2.32. The molecule has 0 aliphatic heterocycles. The predicted octanol–water partition coefficient (Wildman–Crippen LogP) is 1.15. The van der Waals surface area contributed by atoms with Crippen LogP contribution >= 0.6 is 0 Å². The Labute approximate surface area is 111 Å². The van der Waals surface area contributed by atoms with Crippen LogP contribution in [0.25, 0.3) is 0 Å². The minimum atomic E-state index is -3.66. The summed E-state index contributed by atoms with van der Waals surface area (Å²) >= 11 is 0. The molecule has 0 saturated carbocycles. The molecule has 0 aromatic heterocycles. The van der Waals surface area contributed by atoms with Gasteiger partial charge in [-0.05, 0) is 18.6 Å². The van der Waals surface area contributed by atoms with Crippen LogP contribution in [-0.2, 0) is 9.84 Å². The highest BCUT2D eigenvalue weighted by atomic mass is 32.2. The molecule has 1 atom stereocenters. The third-order valence-corrected chi connectivity index (χ3v) is 3.85. The molecule has 0 radical (unpaired) electrons. The number of anilines is 1. The van der Waals surface area contributed by atoms with E-state index in [1.807, 2.05) is 6.92 Å². The van der Waals surface area contributed by atoms with Crippen molar-refractivity contribution in [3.8, 4) is 0 Å². The molecule has 19 heavy (non-hydrogen) atoms. The Balaban J connectivity index is 3.37. The number of benzene rings is 1. The van der Waals surface area contributed by atoms with E-state index in [9.17, 15) is 18.5 Å². The number of nitro groups is 1. The average molecular weight is 287 g/mol. The second-order valence-corrected chi connectivity index (χ2v) is 6.15. The molecule has 0 aliphatic rings. The van der Waals surface area contributed by atoms with Gasteiger partial charge in [0, 0.05) is 18.8 Å². The lowest BCUT2D eigenvalue weighted by Crippen LogP contribution is -2.28. The van der Waals surface area contributed by atoms with Crippen molar-refractivity contribution < 1.29 is 13.3 Å². The third-order valence-electron chi connectivity index (χ3n) is 2.72. The summed E-state index contributed by atoms with van der Waals surface area (Å²) in [5.41, 5.74) is 5.27. The highest BCUT2D eigenvalue weighted by Gasteiger charge is 2.26. The van der Waals surface area contributed by atoms with Crippen molar-refractivity contribution in [3.05, 3.63) is 28.3 Å². The molecule has 0 heterocycles. The Hall–Kier alpha value is -1.67. The number of nitro benzene ring substituents is 1. The van der Waals surface area contributed by atoms with Gasteiger partial charge < -0.3 is 11.1 Å². The van der Waals surface area contributed by atoms with Crippen LogP contribution in [0.2, 0.25) is 0 Å². The number of nitrogens with two attached hydrogens (primary N) is 1. The van der Waals surface area contributed by atoms with Gasteiger partial charge in [0.25, 0.3) is 0 Å². The first-order chi connectivity index (χ1) is 8.81. The molecule has 3 N–H and O–H groups in total. The van der Waals surface area contributed by atoms with Crippen LogP contribution in [0, 0.1) is 10.1 Å². The van der Waals surface area contributed by atoms with Crippen molar-refractivity contribution in [1.29, 1.82) is 0 Å². The summed E-state index contributed by atoms with van der Waals surface area (Å²) in [5.74, 6) is 0. The number of para-hydroxylation sites is 1. The zero-order valence-electron chi connectivity index (χ0n) is 10.8. The van der Waals surface area contributed by atoms with Gasteiger partial charge in [0.2, 0.25) is 0 Å². The van der Waals surface area contributed by atoms with Crippen LogP contribution in [0.4, 0.5) is 11.4 Å². The van der Waals surface area contributed by atoms with E-state index < -0.39 is 20.4 Å². The van der Waals surface area contributed by atoms with Gasteiger partial charge in [-0.1, -0.05) is 13.0 Å². The fraction of sp³-hybridized carbons (Fsp3) is 0.455. The number of hydrogen-bond donors (Lipinski definition) is 2. The van der Waals surface area contributed by atoms with E-state index in [4.69, 9.17) is 5.73 Å². The van der Waals surface area contributed by atoms with E-state index in [0.717, 1.165) is 6.26 Å². The van der Waals surface area contributed by atoms with Crippen LogP contribution in [0.3, 0.4) is 0 Å². The van der Waals surface area contributed by atoms with E-state index in [1.54, 1.807) is 0 Å². The molecule has 0 spiro atoms. The molecule has 0 amide bonds. The maximum absolute atomic E-state index is 11.6. The topological polar surface area (TPSA) is 115 Å². The summed E-state index contributed by atoms with van der Waals surface area (Å²) in [4.78, 5) is 10.1. The first-order valence-electron chi connectivity index (χ1n) is 5.75. The molecule has 0 bridgehead atoms. The average Bonchev–Trinajstić information content (AvgIpc) is 2.34. The van der Waals surface area contributed by atoms with Crippen LogP contribution in [0.5, 0.6) is 0 Å². The minimum Gasteiger partial charge on any atom is -0.375 e. The zero-order valence-corrected chi connectivity index (χ0v) is 11.6. The van der Waals surface area contributed by atoms with E-state index in [1.165, 1.54) is 18.2 Å². The maximum Gasteiger partial charge on any atom is 0.310 e. The van der Waals surface area contributed by atoms with E-state index in [2.05, 4.69) is 5.32 Å². The van der Waals surface area contributed by atoms with E-state index in [-0.39, 0.29) is 16.6 Å². The fourth-order valence-electron chi connectivity index (χ4n) is 1.67. The normalized spacial score (nSPS) is 13.0. The minimum absolute atomic E-state index is 0.145. The summed E-state index contributed by atoms with van der Waals surface area (Å²) < 4.78 is 23.2. The highest BCUT2D eigenvalue weighted by molar-refractivity contribution is 7.90. The standard InChI is InChI=1S/C11H17N3O4S/c1-3-8(7-12)13-9-5-4-6-10(19(2,17)18)11(9)14(15)16/h4-6,8,13H,3,7,12H2,1-2H3. The molecule has 8 heteroatoms. The fourth-order valence-corrected chi connectivity index (χ4v) is 2.54. The number of rotatable bonds is 6. The lowest BCUT2D eigenvalue weighted by Gasteiger charge is -2.16. The first kappa shape index (κ1) is 15.4. The van der Waals surface area contributed by atoms with Crippen LogP contribution in [0.15, 0.2) is 23.1 Å². The molecule has 0 saturated heterocycles. The number of nitrogens with one attached hydrogen (secondary N) is 1. The van der Waals surface area contributed by atoms with Crippen LogP contribution in [0.1, 0.15) is 13.3 Å². The summed E-state index contributed by atoms with van der Waals surface area (Å²) in [5, 5.41) is 14.0. The Morgan fingerprint density at radius 2 is 2.11 bits per heavy atom. The summed E-state index contributed by atoms with van der Waals surface area (Å²) in [6.45, 7) is 2.19. The second kappa shape index (κ2) is 5.98. The Bertz CT molecular complexity index is 567. The largest absolute Gasteiger partial charge is 0.375 e. The van der Waals surface area contributed by atoms with Crippen molar-refractivity contribution in [2.24, 2.45) is 5.73 Å². The van der Waals surface area contributed by atoms with Gasteiger partial charge in [0.05, 0.1) is 4.92 Å². The molecule has 1 aromatic carbocycles. The Morgan fingerprint density at radius 3 is 2.53 bits per heavy atom. The monoisotopic (exact) mass is 287 g/mol. The predicted molar refractivity (Wildman–Crippen MR) is 73.0 cm³/mol. The molecule has 7 nitrogen and oxygen atoms in total. The van der Waals surface area contributed by atoms with Gasteiger partial charge in [-0.15, -0.1) is 0 Å². The van der Waals surface area contributed by atoms with E-state index in [0.29, 0.717) is 13.0 Å². The van der Waals surface area contributed by atoms with Crippen molar-refractivity contribution in [2.75, 3.05) is 18.1 Å². The number of hydrogen-bond acceptors (Lipinski definition) is 6. The van der Waals surface area contributed by atoms with Crippen molar-refractivity contribution in [2.45, 2.75) is 24.3 Å². The molecular weight excluding hydrogens is 270 g/mol. The van der Waals surface area contributed by atoms with Crippen molar-refractivity contribution in [1.82, 2.24) is 0 Å². The third kappa shape index (κ3) is 3.65. The molecule has 1 aromatic rings. The summed E-state index contributed by atoms with van der Waals surface area (Å²) in [6, 6.07) is 4.02. The van der Waals surface area contributed by atoms with Gasteiger partial charge in [-0.2, -0.15) is 0 Å². The Kier molecular flexibility index (Phi) is 4.84. The van der Waals surface area contributed by atoms with Gasteiger partial charge in [0.1, 0.15) is 10.6 Å². The van der Waals surface area contributed by atoms with Gasteiger partial charge >= 0.3 is 5.69 Å². The van der Waals surface area contributed by atoms with Crippen molar-refractivity contribution >= 4 is 21.2 Å². The van der Waals surface area contributed by atoms with Gasteiger partial charge in [0.15, 0.2) is 9.84 Å². The smallest absolute Gasteiger partial charge is 0.310 e. The number of nitrogens with zero attached hydrogens (tertiary/aromatic N) is 1. The zero-order chi connectivity index (χ0) is 14.6. The summed E-state index contributed by atoms with van der Waals surface area (Å²) in [6.07, 6.45) is 1.62. The lowest BCUT2D eigenvalue weighted by molar-refractivity contribution is -0.386. The van der Waals surface area contributed by atoms with Gasteiger partial charge in [-0.3, -0.25) is 10.1 Å². The molecule has 0 aliphatic carbocycles. The first-order valence-corrected chi connectivity index (χ1v) is 7.64. The molecule has 106 valence electrons. The summed E-state index contributed by atoms with van der Waals surface area (Å²) in [7, 11) is -3.66. The Morgan fingerprint density at radius 1 is 1.47 bits per heavy atom. The molecule has 1 rings (SSSR count). The van der Waals surface area contributed by atoms with Crippen molar-refractivity contribution in [3.63, 3.8) is 0 Å².